The number of halogens is 1. The predicted octanol–water partition coefficient (Wildman–Crippen LogP) is 4.59. The van der Waals surface area contributed by atoms with Gasteiger partial charge < -0.3 is 10.4 Å². The first-order chi connectivity index (χ1) is 15.7. The number of anilines is 2. The molecule has 0 atom stereocenters. The number of sulfonamides is 1. The second-order valence-electron chi connectivity index (χ2n) is 7.17. The monoisotopic (exact) mass is 482 g/mol. The molecule has 3 N–H and O–H groups in total. The largest absolute Gasteiger partial charge is 0.506 e. The summed E-state index contributed by atoms with van der Waals surface area (Å²) in [6, 6.07) is 20.7. The maximum atomic E-state index is 12.8. The van der Waals surface area contributed by atoms with Crippen molar-refractivity contribution in [1.29, 1.82) is 0 Å². The molecule has 0 saturated carbocycles. The smallest absolute Gasteiger partial charge is 0.276 e. The average molecular weight is 483 g/mol. The van der Waals surface area contributed by atoms with E-state index < -0.39 is 15.9 Å². The Hall–Kier alpha value is -3.82. The second kappa shape index (κ2) is 8.97. The van der Waals surface area contributed by atoms with Crippen LogP contribution in [0.1, 0.15) is 16.2 Å². The Morgan fingerprint density at radius 2 is 1.76 bits per heavy atom. The number of para-hydroxylation sites is 1. The Kier molecular flexibility index (Phi) is 6.08. The lowest BCUT2D eigenvalue weighted by Crippen LogP contribution is -2.16. The number of aromatic hydroxyl groups is 1. The molecule has 168 valence electrons. The lowest BCUT2D eigenvalue weighted by molar-refractivity contribution is 0.102. The van der Waals surface area contributed by atoms with Gasteiger partial charge in [-0.15, -0.1) is 0 Å². The number of nitrogens with one attached hydrogen (secondary N) is 2. The van der Waals surface area contributed by atoms with Crippen molar-refractivity contribution < 1.29 is 18.3 Å². The van der Waals surface area contributed by atoms with Gasteiger partial charge in [-0.3, -0.25) is 9.52 Å². The van der Waals surface area contributed by atoms with Crippen molar-refractivity contribution in [2.75, 3.05) is 10.0 Å². The third kappa shape index (κ3) is 5.00. The SMILES string of the molecule is Cc1cc(C(=O)Nc2cc(S(=O)(=O)Nc3cccc(Cl)c3)ccc2O)nn1-c1ccccc1. The molecule has 10 heteroatoms. The maximum absolute atomic E-state index is 12.8. The maximum Gasteiger partial charge on any atom is 0.276 e. The number of aryl methyl sites for hydroxylation is 1. The van der Waals surface area contributed by atoms with Gasteiger partial charge in [0.25, 0.3) is 15.9 Å². The molecule has 4 aromatic rings. The van der Waals surface area contributed by atoms with Crippen LogP contribution in [0, 0.1) is 6.92 Å². The summed E-state index contributed by atoms with van der Waals surface area (Å²) in [5, 5.41) is 17.4. The Balaban J connectivity index is 1.58. The quantitative estimate of drug-likeness (QED) is 0.348. The minimum absolute atomic E-state index is 0.0686. The van der Waals surface area contributed by atoms with Gasteiger partial charge in [-0.25, -0.2) is 13.1 Å². The third-order valence-electron chi connectivity index (χ3n) is 4.72. The minimum atomic E-state index is -4.00. The molecule has 33 heavy (non-hydrogen) atoms. The first-order valence-corrected chi connectivity index (χ1v) is 11.6. The van der Waals surface area contributed by atoms with Crippen molar-refractivity contribution in [2.24, 2.45) is 0 Å². The molecule has 1 aromatic heterocycles. The van der Waals surface area contributed by atoms with Gasteiger partial charge in [-0.1, -0.05) is 35.9 Å². The lowest BCUT2D eigenvalue weighted by atomic mass is 10.2. The van der Waals surface area contributed by atoms with Crippen molar-refractivity contribution in [1.82, 2.24) is 9.78 Å². The fourth-order valence-corrected chi connectivity index (χ4v) is 4.42. The molecule has 0 aliphatic heterocycles. The van der Waals surface area contributed by atoms with E-state index >= 15 is 0 Å². The minimum Gasteiger partial charge on any atom is -0.506 e. The molecule has 0 unspecified atom stereocenters. The van der Waals surface area contributed by atoms with Gasteiger partial charge in [0.15, 0.2) is 5.69 Å². The molecule has 0 spiro atoms. The Labute approximate surface area is 195 Å². The molecule has 8 nitrogen and oxygen atoms in total. The first-order valence-electron chi connectivity index (χ1n) is 9.78. The predicted molar refractivity (Wildman–Crippen MR) is 127 cm³/mol. The van der Waals surface area contributed by atoms with Crippen molar-refractivity contribution in [3.8, 4) is 11.4 Å². The average Bonchev–Trinajstić information content (AvgIpc) is 3.17. The molecule has 3 aromatic carbocycles. The Morgan fingerprint density at radius 1 is 1.00 bits per heavy atom. The molecule has 0 saturated heterocycles. The number of aromatic nitrogens is 2. The number of hydrogen-bond acceptors (Lipinski definition) is 5. The molecule has 0 bridgehead atoms. The highest BCUT2D eigenvalue weighted by Crippen LogP contribution is 2.28. The van der Waals surface area contributed by atoms with E-state index in [0.29, 0.717) is 5.02 Å². The first kappa shape index (κ1) is 22.4. The summed E-state index contributed by atoms with van der Waals surface area (Å²) in [7, 11) is -4.00. The number of benzene rings is 3. The summed E-state index contributed by atoms with van der Waals surface area (Å²) in [6.45, 7) is 1.81. The highest BCUT2D eigenvalue weighted by molar-refractivity contribution is 7.92. The van der Waals surface area contributed by atoms with E-state index in [-0.39, 0.29) is 27.7 Å². The topological polar surface area (TPSA) is 113 Å². The van der Waals surface area contributed by atoms with Gasteiger partial charge in [0.05, 0.1) is 22.0 Å². The number of rotatable bonds is 6. The molecule has 0 fully saturated rings. The number of nitrogens with zero attached hydrogens (tertiary/aromatic N) is 2. The zero-order valence-corrected chi connectivity index (χ0v) is 18.9. The number of phenols is 1. The highest BCUT2D eigenvalue weighted by Gasteiger charge is 2.19. The van der Waals surface area contributed by atoms with Crippen LogP contribution in [0.5, 0.6) is 5.75 Å². The van der Waals surface area contributed by atoms with Crippen LogP contribution >= 0.6 is 11.6 Å². The van der Waals surface area contributed by atoms with Crippen LogP contribution in [0.2, 0.25) is 5.02 Å². The fraction of sp³-hybridized carbons (Fsp3) is 0.0435. The van der Waals surface area contributed by atoms with Crippen LogP contribution in [0.25, 0.3) is 5.69 Å². The summed E-state index contributed by atoms with van der Waals surface area (Å²) in [5.74, 6) is -0.885. The van der Waals surface area contributed by atoms with Crippen molar-refractivity contribution in [3.05, 3.63) is 95.3 Å². The van der Waals surface area contributed by atoms with E-state index in [1.807, 2.05) is 37.3 Å². The van der Waals surface area contributed by atoms with E-state index in [0.717, 1.165) is 11.4 Å². The van der Waals surface area contributed by atoms with Crippen LogP contribution in [0.3, 0.4) is 0 Å². The van der Waals surface area contributed by atoms with E-state index in [2.05, 4.69) is 15.1 Å². The number of carbonyl (C=O) groups is 1. The van der Waals surface area contributed by atoms with Gasteiger partial charge in [0.2, 0.25) is 0 Å². The van der Waals surface area contributed by atoms with Gasteiger partial charge in [0.1, 0.15) is 5.75 Å². The summed E-state index contributed by atoms with van der Waals surface area (Å²) in [5.41, 5.74) is 1.85. The van der Waals surface area contributed by atoms with Crippen LogP contribution < -0.4 is 10.0 Å². The van der Waals surface area contributed by atoms with Crippen LogP contribution in [-0.4, -0.2) is 29.2 Å². The molecule has 0 radical (unpaired) electrons. The molecule has 4 rings (SSSR count). The molecule has 1 heterocycles. The van der Waals surface area contributed by atoms with Crippen molar-refractivity contribution >= 4 is 38.9 Å². The summed E-state index contributed by atoms with van der Waals surface area (Å²) < 4.78 is 29.6. The molecular formula is C23H19ClN4O4S. The van der Waals surface area contributed by atoms with Gasteiger partial charge in [0, 0.05) is 10.7 Å². The lowest BCUT2D eigenvalue weighted by Gasteiger charge is -2.11. The fourth-order valence-electron chi connectivity index (χ4n) is 3.15. The van der Waals surface area contributed by atoms with E-state index in [1.165, 1.54) is 24.3 Å². The molecule has 0 aliphatic rings. The zero-order chi connectivity index (χ0) is 23.6. The van der Waals surface area contributed by atoms with Crippen LogP contribution in [0.15, 0.2) is 83.8 Å². The summed E-state index contributed by atoms with van der Waals surface area (Å²) in [6.07, 6.45) is 0. The van der Waals surface area contributed by atoms with E-state index in [1.54, 1.807) is 28.9 Å². The number of hydrogen-bond donors (Lipinski definition) is 3. The van der Waals surface area contributed by atoms with Gasteiger partial charge in [-0.05, 0) is 61.5 Å². The normalized spacial score (nSPS) is 11.2. The highest BCUT2D eigenvalue weighted by atomic mass is 35.5. The molecule has 0 aliphatic carbocycles. The van der Waals surface area contributed by atoms with Crippen molar-refractivity contribution in [2.45, 2.75) is 11.8 Å². The summed E-state index contributed by atoms with van der Waals surface area (Å²) >= 11 is 5.91. The number of carbonyl (C=O) groups excluding carboxylic acids is 1. The molecule has 1 amide bonds. The van der Waals surface area contributed by atoms with Gasteiger partial charge in [-0.2, -0.15) is 5.10 Å². The van der Waals surface area contributed by atoms with Crippen LogP contribution in [0.4, 0.5) is 11.4 Å². The van der Waals surface area contributed by atoms with E-state index in [9.17, 15) is 18.3 Å². The Morgan fingerprint density at radius 3 is 2.48 bits per heavy atom. The number of phenolic OH excluding ortho intramolecular Hbond substituents is 1. The van der Waals surface area contributed by atoms with E-state index in [4.69, 9.17) is 11.6 Å². The third-order valence-corrected chi connectivity index (χ3v) is 6.34. The Bertz CT molecular complexity index is 1440. The second-order valence-corrected chi connectivity index (χ2v) is 9.29. The molecular weight excluding hydrogens is 464 g/mol. The van der Waals surface area contributed by atoms with Crippen molar-refractivity contribution in [3.63, 3.8) is 0 Å². The van der Waals surface area contributed by atoms with Crippen LogP contribution in [-0.2, 0) is 10.0 Å². The zero-order valence-electron chi connectivity index (χ0n) is 17.4. The standard InChI is InChI=1S/C23H19ClN4O4S/c1-15-12-21(26-28(15)18-8-3-2-4-9-18)23(30)25-20-14-19(10-11-22(20)29)33(31,32)27-17-7-5-6-16(24)13-17/h2-14,27,29H,1H3,(H,25,30). The summed E-state index contributed by atoms with van der Waals surface area (Å²) in [4.78, 5) is 12.6. The van der Waals surface area contributed by atoms with Gasteiger partial charge >= 0.3 is 0 Å². The number of amides is 1.